The fraction of sp³-hybridized carbons (Fsp3) is 0.632. The first kappa shape index (κ1) is 21.7. The minimum absolute atomic E-state index is 0.288. The van der Waals surface area contributed by atoms with Crippen LogP contribution in [0.15, 0.2) is 35.3 Å². The number of aliphatic imine (C=N–C) groups is 1. The summed E-state index contributed by atoms with van der Waals surface area (Å²) in [4.78, 5) is 7.31. The number of benzene rings is 1. The van der Waals surface area contributed by atoms with Crippen molar-refractivity contribution in [1.29, 1.82) is 0 Å². The Labute approximate surface area is 163 Å². The van der Waals surface area contributed by atoms with Crippen LogP contribution in [0.4, 0.5) is 0 Å². The number of nitrogens with zero attached hydrogens (tertiary/aromatic N) is 2. The van der Waals surface area contributed by atoms with Gasteiger partial charge in [-0.25, -0.2) is 13.1 Å². The summed E-state index contributed by atoms with van der Waals surface area (Å²) in [7, 11) is -3.13. The summed E-state index contributed by atoms with van der Waals surface area (Å²) in [6.45, 7) is 6.85. The van der Waals surface area contributed by atoms with E-state index in [1.54, 1.807) is 0 Å². The number of guanidine groups is 1. The molecule has 0 radical (unpaired) electrons. The normalized spacial score (nSPS) is 17.0. The minimum Gasteiger partial charge on any atom is -0.357 e. The van der Waals surface area contributed by atoms with E-state index in [0.717, 1.165) is 25.6 Å². The van der Waals surface area contributed by atoms with Gasteiger partial charge in [0.25, 0.3) is 0 Å². The second-order valence-corrected chi connectivity index (χ2v) is 8.67. The first-order chi connectivity index (χ1) is 13.0. The van der Waals surface area contributed by atoms with Gasteiger partial charge in [-0.3, -0.25) is 9.89 Å². The molecule has 7 nitrogen and oxygen atoms in total. The van der Waals surface area contributed by atoms with Crippen LogP contribution in [0.25, 0.3) is 0 Å². The van der Waals surface area contributed by atoms with Crippen LogP contribution in [0.2, 0.25) is 0 Å². The number of nitrogens with one attached hydrogen (secondary N) is 3. The van der Waals surface area contributed by atoms with Crippen molar-refractivity contribution >= 4 is 16.0 Å². The summed E-state index contributed by atoms with van der Waals surface area (Å²) in [6, 6.07) is 10.9. The Bertz CT molecular complexity index is 673. The van der Waals surface area contributed by atoms with Crippen LogP contribution in [0.3, 0.4) is 0 Å². The molecule has 1 aliphatic rings. The number of hydrogen-bond donors (Lipinski definition) is 3. The largest absolute Gasteiger partial charge is 0.357 e. The number of rotatable bonds is 10. The van der Waals surface area contributed by atoms with E-state index in [0.29, 0.717) is 26.1 Å². The molecule has 1 atom stereocenters. The standard InChI is InChI=1S/C19H33N5O2S/c1-3-20-19(21-12-9-13-23-27(2,25)26)22-16-18(24-14-7-8-15-24)17-10-5-4-6-11-17/h4-6,10-11,18,23H,3,7-9,12-16H2,1-2H3,(H2,20,21,22). The van der Waals surface area contributed by atoms with Crippen molar-refractivity contribution in [2.75, 3.05) is 45.5 Å². The van der Waals surface area contributed by atoms with E-state index >= 15 is 0 Å². The molecule has 1 aliphatic heterocycles. The summed E-state index contributed by atoms with van der Waals surface area (Å²) in [6.07, 6.45) is 4.37. The third-order valence-corrected chi connectivity index (χ3v) is 5.27. The quantitative estimate of drug-likeness (QED) is 0.316. The lowest BCUT2D eigenvalue weighted by atomic mass is 10.1. The smallest absolute Gasteiger partial charge is 0.208 e. The lowest BCUT2D eigenvalue weighted by molar-refractivity contribution is 0.251. The monoisotopic (exact) mass is 395 g/mol. The number of sulfonamides is 1. The molecule has 1 fully saturated rings. The van der Waals surface area contributed by atoms with E-state index in [2.05, 4.69) is 44.5 Å². The maximum Gasteiger partial charge on any atom is 0.208 e. The molecule has 1 aromatic carbocycles. The van der Waals surface area contributed by atoms with Crippen molar-refractivity contribution < 1.29 is 8.42 Å². The highest BCUT2D eigenvalue weighted by atomic mass is 32.2. The van der Waals surface area contributed by atoms with Gasteiger partial charge in [-0.15, -0.1) is 0 Å². The molecule has 1 saturated heterocycles. The molecule has 8 heteroatoms. The first-order valence-electron chi connectivity index (χ1n) is 9.75. The number of likely N-dealkylation sites (tertiary alicyclic amines) is 1. The SMILES string of the molecule is CCNC(=NCC(c1ccccc1)N1CCCC1)NCCCNS(C)(=O)=O. The first-order valence-corrected chi connectivity index (χ1v) is 11.6. The van der Waals surface area contributed by atoms with E-state index in [-0.39, 0.29) is 6.04 Å². The van der Waals surface area contributed by atoms with Crippen LogP contribution in [-0.2, 0) is 10.0 Å². The predicted octanol–water partition coefficient (Wildman–Crippen LogP) is 1.32. The van der Waals surface area contributed by atoms with Gasteiger partial charge in [0.1, 0.15) is 0 Å². The maximum atomic E-state index is 11.1. The van der Waals surface area contributed by atoms with Gasteiger partial charge in [0.2, 0.25) is 10.0 Å². The van der Waals surface area contributed by atoms with Crippen LogP contribution in [0.1, 0.15) is 37.8 Å². The van der Waals surface area contributed by atoms with Gasteiger partial charge >= 0.3 is 0 Å². The fourth-order valence-electron chi connectivity index (χ4n) is 3.23. The van der Waals surface area contributed by atoms with Crippen molar-refractivity contribution in [2.45, 2.75) is 32.2 Å². The van der Waals surface area contributed by atoms with Crippen molar-refractivity contribution in [1.82, 2.24) is 20.3 Å². The molecule has 27 heavy (non-hydrogen) atoms. The summed E-state index contributed by atoms with van der Waals surface area (Å²) >= 11 is 0. The molecule has 152 valence electrons. The molecule has 0 aliphatic carbocycles. The van der Waals surface area contributed by atoms with Gasteiger partial charge in [-0.05, 0) is 44.8 Å². The molecule has 0 amide bonds. The Morgan fingerprint density at radius 2 is 1.85 bits per heavy atom. The molecular weight excluding hydrogens is 362 g/mol. The Kier molecular flexibility index (Phi) is 9.03. The zero-order chi connectivity index (χ0) is 19.5. The van der Waals surface area contributed by atoms with Gasteiger partial charge in [-0.2, -0.15) is 0 Å². The molecule has 2 rings (SSSR count). The summed E-state index contributed by atoms with van der Waals surface area (Å²) in [5.41, 5.74) is 1.30. The third-order valence-electron chi connectivity index (χ3n) is 4.54. The van der Waals surface area contributed by atoms with E-state index in [1.807, 2.05) is 13.0 Å². The summed E-state index contributed by atoms with van der Waals surface area (Å²) in [5.74, 6) is 0.775. The highest BCUT2D eigenvalue weighted by Crippen LogP contribution is 2.25. The van der Waals surface area contributed by atoms with Gasteiger partial charge in [0.05, 0.1) is 18.8 Å². The van der Waals surface area contributed by atoms with Crippen LogP contribution in [0.5, 0.6) is 0 Å². The lowest BCUT2D eigenvalue weighted by Crippen LogP contribution is -2.39. The lowest BCUT2D eigenvalue weighted by Gasteiger charge is -2.27. The van der Waals surface area contributed by atoms with Gasteiger partial charge in [0.15, 0.2) is 5.96 Å². The van der Waals surface area contributed by atoms with Crippen molar-refractivity contribution in [2.24, 2.45) is 4.99 Å². The summed E-state index contributed by atoms with van der Waals surface area (Å²) in [5, 5.41) is 6.56. The molecule has 1 unspecified atom stereocenters. The topological polar surface area (TPSA) is 85.8 Å². The Morgan fingerprint density at radius 3 is 2.48 bits per heavy atom. The Balaban J connectivity index is 1.93. The Hall–Kier alpha value is -1.64. The maximum absolute atomic E-state index is 11.1. The zero-order valence-corrected chi connectivity index (χ0v) is 17.3. The molecule has 0 aromatic heterocycles. The molecule has 0 spiro atoms. The second-order valence-electron chi connectivity index (χ2n) is 6.84. The molecule has 0 bridgehead atoms. The molecule has 0 saturated carbocycles. The van der Waals surface area contributed by atoms with Crippen LogP contribution in [0, 0.1) is 0 Å². The average molecular weight is 396 g/mol. The third kappa shape index (κ3) is 8.28. The highest BCUT2D eigenvalue weighted by Gasteiger charge is 2.23. The fourth-order valence-corrected chi connectivity index (χ4v) is 3.75. The van der Waals surface area contributed by atoms with Crippen LogP contribution >= 0.6 is 0 Å². The van der Waals surface area contributed by atoms with E-state index < -0.39 is 10.0 Å². The predicted molar refractivity (Wildman–Crippen MR) is 111 cm³/mol. The van der Waals surface area contributed by atoms with Gasteiger partial charge in [-0.1, -0.05) is 30.3 Å². The van der Waals surface area contributed by atoms with Crippen molar-refractivity contribution in [3.05, 3.63) is 35.9 Å². The average Bonchev–Trinajstić information content (AvgIpc) is 3.16. The van der Waals surface area contributed by atoms with Crippen LogP contribution < -0.4 is 15.4 Å². The molecular formula is C19H33N5O2S. The van der Waals surface area contributed by atoms with E-state index in [9.17, 15) is 8.42 Å². The highest BCUT2D eigenvalue weighted by molar-refractivity contribution is 7.88. The molecule has 1 heterocycles. The Morgan fingerprint density at radius 1 is 1.15 bits per heavy atom. The zero-order valence-electron chi connectivity index (χ0n) is 16.4. The van der Waals surface area contributed by atoms with Crippen molar-refractivity contribution in [3.63, 3.8) is 0 Å². The van der Waals surface area contributed by atoms with Gasteiger partial charge < -0.3 is 10.6 Å². The van der Waals surface area contributed by atoms with Gasteiger partial charge in [0, 0.05) is 19.6 Å². The molecule has 1 aromatic rings. The molecule has 3 N–H and O–H groups in total. The summed E-state index contributed by atoms with van der Waals surface area (Å²) < 4.78 is 24.7. The number of hydrogen-bond acceptors (Lipinski definition) is 4. The van der Waals surface area contributed by atoms with E-state index in [4.69, 9.17) is 4.99 Å². The minimum atomic E-state index is -3.13. The van der Waals surface area contributed by atoms with Crippen molar-refractivity contribution in [3.8, 4) is 0 Å². The second kappa shape index (κ2) is 11.3. The van der Waals surface area contributed by atoms with Crippen LogP contribution in [-0.4, -0.2) is 64.8 Å². The van der Waals surface area contributed by atoms with E-state index in [1.165, 1.54) is 24.7 Å².